The van der Waals surface area contributed by atoms with E-state index >= 15 is 0 Å². The number of hydrogen-bond acceptors (Lipinski definition) is 5. The summed E-state index contributed by atoms with van der Waals surface area (Å²) in [4.78, 5) is 16.3. The molecule has 0 aliphatic heterocycles. The van der Waals surface area contributed by atoms with Gasteiger partial charge in [-0.3, -0.25) is 4.79 Å². The average molecular weight is 427 g/mol. The van der Waals surface area contributed by atoms with E-state index in [4.69, 9.17) is 9.26 Å². The van der Waals surface area contributed by atoms with Crippen LogP contribution in [-0.2, 0) is 12.7 Å². The van der Waals surface area contributed by atoms with Gasteiger partial charge in [-0.25, -0.2) is 0 Å². The third-order valence-electron chi connectivity index (χ3n) is 4.64. The van der Waals surface area contributed by atoms with Crippen LogP contribution in [0.1, 0.15) is 11.1 Å². The van der Waals surface area contributed by atoms with Gasteiger partial charge in [0, 0.05) is 23.4 Å². The predicted octanol–water partition coefficient (Wildman–Crippen LogP) is 4.64. The van der Waals surface area contributed by atoms with E-state index in [0.29, 0.717) is 28.6 Å². The van der Waals surface area contributed by atoms with Crippen LogP contribution in [0.3, 0.4) is 0 Å². The van der Waals surface area contributed by atoms with Crippen molar-refractivity contribution in [3.63, 3.8) is 0 Å². The van der Waals surface area contributed by atoms with Crippen LogP contribution in [0, 0.1) is 0 Å². The monoisotopic (exact) mass is 427 g/mol. The Balaban J connectivity index is 1.53. The number of rotatable bonds is 5. The van der Waals surface area contributed by atoms with Gasteiger partial charge in [-0.15, -0.1) is 0 Å². The number of halogens is 3. The number of ether oxygens (including phenoxy) is 1. The van der Waals surface area contributed by atoms with E-state index in [1.54, 1.807) is 55.6 Å². The van der Waals surface area contributed by atoms with Crippen LogP contribution < -0.4 is 10.3 Å². The molecule has 4 aromatic rings. The smallest absolute Gasteiger partial charge is 0.417 e. The van der Waals surface area contributed by atoms with Gasteiger partial charge in [-0.05, 0) is 35.9 Å². The second-order valence-corrected chi connectivity index (χ2v) is 6.73. The summed E-state index contributed by atoms with van der Waals surface area (Å²) < 4.78 is 50.1. The molecule has 0 unspecified atom stereocenters. The van der Waals surface area contributed by atoms with Crippen LogP contribution in [0.5, 0.6) is 5.75 Å². The summed E-state index contributed by atoms with van der Waals surface area (Å²) in [5.41, 5.74) is 0.675. The molecule has 0 N–H and O–H groups in total. The maximum atomic E-state index is 12.9. The molecule has 0 saturated carbocycles. The number of pyridine rings is 1. The Morgan fingerprint density at radius 2 is 1.65 bits per heavy atom. The summed E-state index contributed by atoms with van der Waals surface area (Å²) in [6.07, 6.45) is -3.70. The van der Waals surface area contributed by atoms with E-state index < -0.39 is 17.3 Å². The Morgan fingerprint density at radius 1 is 0.968 bits per heavy atom. The fourth-order valence-corrected chi connectivity index (χ4v) is 2.97. The summed E-state index contributed by atoms with van der Waals surface area (Å²) in [6, 6.07) is 15.7. The lowest BCUT2D eigenvalue weighted by molar-refractivity contribution is -0.138. The van der Waals surface area contributed by atoms with Gasteiger partial charge in [-0.1, -0.05) is 29.4 Å². The summed E-state index contributed by atoms with van der Waals surface area (Å²) in [7, 11) is 1.58. The first kappa shape index (κ1) is 20.4. The largest absolute Gasteiger partial charge is 0.497 e. The van der Waals surface area contributed by atoms with Gasteiger partial charge >= 0.3 is 6.18 Å². The van der Waals surface area contributed by atoms with Crippen LogP contribution in [0.2, 0.25) is 0 Å². The maximum absolute atomic E-state index is 12.9. The first-order valence-corrected chi connectivity index (χ1v) is 9.18. The molecule has 2 aromatic heterocycles. The molecule has 0 fully saturated rings. The molecule has 158 valence electrons. The van der Waals surface area contributed by atoms with Crippen LogP contribution in [0.15, 0.2) is 76.2 Å². The van der Waals surface area contributed by atoms with Gasteiger partial charge in [0.1, 0.15) is 5.75 Å². The lowest BCUT2D eigenvalue weighted by Crippen LogP contribution is -2.21. The van der Waals surface area contributed by atoms with E-state index in [1.807, 2.05) is 0 Å². The Labute approximate surface area is 174 Å². The molecule has 0 spiro atoms. The molecule has 2 heterocycles. The highest BCUT2D eigenvalue weighted by molar-refractivity contribution is 5.60. The third-order valence-corrected chi connectivity index (χ3v) is 4.64. The lowest BCUT2D eigenvalue weighted by Gasteiger charge is -2.11. The molecular formula is C22H16F3N3O3. The van der Waals surface area contributed by atoms with Crippen molar-refractivity contribution in [1.82, 2.24) is 14.7 Å². The number of methoxy groups -OCH3 is 1. The number of benzene rings is 2. The number of aromatic nitrogens is 3. The lowest BCUT2D eigenvalue weighted by atomic mass is 10.1. The number of hydrogen-bond donors (Lipinski definition) is 0. The van der Waals surface area contributed by atoms with Crippen LogP contribution in [0.25, 0.3) is 22.8 Å². The van der Waals surface area contributed by atoms with Crippen LogP contribution >= 0.6 is 0 Å². The Hall–Kier alpha value is -3.88. The van der Waals surface area contributed by atoms with E-state index in [-0.39, 0.29) is 6.54 Å². The zero-order chi connectivity index (χ0) is 22.0. The molecule has 2 aromatic carbocycles. The van der Waals surface area contributed by atoms with Crippen molar-refractivity contribution < 1.29 is 22.4 Å². The molecule has 0 amide bonds. The normalized spacial score (nSPS) is 11.5. The van der Waals surface area contributed by atoms with E-state index in [1.165, 1.54) is 0 Å². The van der Waals surface area contributed by atoms with Crippen molar-refractivity contribution in [2.45, 2.75) is 12.7 Å². The number of nitrogens with zero attached hydrogens (tertiary/aromatic N) is 3. The average Bonchev–Trinajstić information content (AvgIpc) is 3.25. The van der Waals surface area contributed by atoms with Crippen molar-refractivity contribution in [2.75, 3.05) is 7.11 Å². The second-order valence-electron chi connectivity index (χ2n) is 6.73. The molecule has 0 saturated heterocycles. The molecule has 0 aliphatic carbocycles. The first-order valence-electron chi connectivity index (χ1n) is 9.18. The topological polar surface area (TPSA) is 70.2 Å². The number of alkyl halides is 3. The van der Waals surface area contributed by atoms with Gasteiger partial charge in [0.25, 0.3) is 11.4 Å². The van der Waals surface area contributed by atoms with E-state index in [2.05, 4.69) is 10.1 Å². The minimum absolute atomic E-state index is 0.00633. The minimum atomic E-state index is -4.51. The highest BCUT2D eigenvalue weighted by Crippen LogP contribution is 2.28. The van der Waals surface area contributed by atoms with Crippen molar-refractivity contribution >= 4 is 0 Å². The Bertz CT molecular complexity index is 1240. The highest BCUT2D eigenvalue weighted by Gasteiger charge is 2.31. The van der Waals surface area contributed by atoms with E-state index in [0.717, 1.165) is 28.5 Å². The van der Waals surface area contributed by atoms with Crippen molar-refractivity contribution in [3.8, 4) is 28.6 Å². The molecular weight excluding hydrogens is 411 g/mol. The minimum Gasteiger partial charge on any atom is -0.497 e. The van der Waals surface area contributed by atoms with Gasteiger partial charge in [0.15, 0.2) is 0 Å². The molecule has 0 radical (unpaired) electrons. The van der Waals surface area contributed by atoms with E-state index in [9.17, 15) is 18.0 Å². The van der Waals surface area contributed by atoms with Gasteiger partial charge in [0.05, 0.1) is 19.2 Å². The second kappa shape index (κ2) is 8.10. The Morgan fingerprint density at radius 3 is 2.29 bits per heavy atom. The van der Waals surface area contributed by atoms with Gasteiger partial charge < -0.3 is 13.8 Å². The highest BCUT2D eigenvalue weighted by atomic mass is 19.4. The Kier molecular flexibility index (Phi) is 5.33. The fraction of sp³-hybridized carbons (Fsp3) is 0.136. The standard InChI is InChI=1S/C22H16F3N3O3/c1-30-18-9-6-16(7-10-18)21-26-20(27-31-21)15-4-2-14(3-5-15)12-28-13-17(22(23,24)25)8-11-19(28)29/h2-11,13H,12H2,1H3. The maximum Gasteiger partial charge on any atom is 0.417 e. The summed E-state index contributed by atoms with van der Waals surface area (Å²) >= 11 is 0. The zero-order valence-electron chi connectivity index (χ0n) is 16.3. The molecule has 0 bridgehead atoms. The van der Waals surface area contributed by atoms with Crippen LogP contribution in [-0.4, -0.2) is 21.8 Å². The molecule has 0 aliphatic rings. The first-order chi connectivity index (χ1) is 14.8. The molecule has 9 heteroatoms. The molecule has 31 heavy (non-hydrogen) atoms. The summed E-state index contributed by atoms with van der Waals surface area (Å²) in [5.74, 6) is 1.42. The van der Waals surface area contributed by atoms with Crippen molar-refractivity contribution in [1.29, 1.82) is 0 Å². The van der Waals surface area contributed by atoms with Gasteiger partial charge in [0.2, 0.25) is 5.82 Å². The SMILES string of the molecule is COc1ccc(-c2nc(-c3ccc(Cn4cc(C(F)(F)F)ccc4=O)cc3)no2)cc1. The third kappa shape index (κ3) is 4.50. The quantitative estimate of drug-likeness (QED) is 0.464. The van der Waals surface area contributed by atoms with Crippen LogP contribution in [0.4, 0.5) is 13.2 Å². The molecule has 6 nitrogen and oxygen atoms in total. The molecule has 4 rings (SSSR count). The van der Waals surface area contributed by atoms with Crippen molar-refractivity contribution in [3.05, 3.63) is 88.3 Å². The van der Waals surface area contributed by atoms with Gasteiger partial charge in [-0.2, -0.15) is 18.2 Å². The van der Waals surface area contributed by atoms with Crippen molar-refractivity contribution in [2.24, 2.45) is 0 Å². The molecule has 0 atom stereocenters. The fourth-order valence-electron chi connectivity index (χ4n) is 2.97. The summed E-state index contributed by atoms with van der Waals surface area (Å²) in [6.45, 7) is 0.00633. The zero-order valence-corrected chi connectivity index (χ0v) is 16.3. The predicted molar refractivity (Wildman–Crippen MR) is 107 cm³/mol. The summed E-state index contributed by atoms with van der Waals surface area (Å²) in [5, 5.41) is 3.97.